The standard InChI is InChI=1S/C19H21N3O3S/c23-14-5-3-13(4-6-14)10-16-19(25)22-8-7-21(11-15-2-1-9-26-15)12-17(22)18(24)20-16/h1-6,9,16-17,23H,7-8,10-12H2,(H,20,24)/t16-,17+/m0/s1. The summed E-state index contributed by atoms with van der Waals surface area (Å²) >= 11 is 1.71. The quantitative estimate of drug-likeness (QED) is 0.847. The lowest BCUT2D eigenvalue weighted by Crippen LogP contribution is -2.69. The van der Waals surface area contributed by atoms with Crippen LogP contribution >= 0.6 is 11.3 Å². The molecule has 7 heteroatoms. The number of aromatic hydroxyl groups is 1. The van der Waals surface area contributed by atoms with Crippen LogP contribution in [0.5, 0.6) is 5.75 Å². The number of hydrogen-bond acceptors (Lipinski definition) is 5. The fraction of sp³-hybridized carbons (Fsp3) is 0.368. The average Bonchev–Trinajstić information content (AvgIpc) is 3.14. The first kappa shape index (κ1) is 17.1. The van der Waals surface area contributed by atoms with E-state index in [9.17, 15) is 14.7 Å². The van der Waals surface area contributed by atoms with E-state index >= 15 is 0 Å². The highest BCUT2D eigenvalue weighted by Gasteiger charge is 2.43. The van der Waals surface area contributed by atoms with E-state index in [1.807, 2.05) is 6.07 Å². The van der Waals surface area contributed by atoms with Gasteiger partial charge in [0, 0.05) is 37.5 Å². The number of piperazine rings is 2. The molecule has 2 aliphatic rings. The van der Waals surface area contributed by atoms with Crippen molar-refractivity contribution < 1.29 is 14.7 Å². The van der Waals surface area contributed by atoms with Gasteiger partial charge in [0.1, 0.15) is 17.8 Å². The number of phenolic OH excluding ortho intramolecular Hbond substituents is 1. The highest BCUT2D eigenvalue weighted by atomic mass is 32.1. The van der Waals surface area contributed by atoms with Crippen LogP contribution in [0.15, 0.2) is 41.8 Å². The molecule has 0 unspecified atom stereocenters. The average molecular weight is 371 g/mol. The van der Waals surface area contributed by atoms with E-state index in [2.05, 4.69) is 21.7 Å². The summed E-state index contributed by atoms with van der Waals surface area (Å²) < 4.78 is 0. The number of carbonyl (C=O) groups is 2. The van der Waals surface area contributed by atoms with E-state index in [0.29, 0.717) is 19.5 Å². The number of phenols is 1. The third-order valence-electron chi connectivity index (χ3n) is 5.00. The first-order valence-electron chi connectivity index (χ1n) is 8.73. The maximum Gasteiger partial charge on any atom is 0.246 e. The van der Waals surface area contributed by atoms with Crippen LogP contribution in [0.2, 0.25) is 0 Å². The van der Waals surface area contributed by atoms with E-state index in [0.717, 1.165) is 18.7 Å². The summed E-state index contributed by atoms with van der Waals surface area (Å²) in [5.41, 5.74) is 0.913. The molecule has 2 amide bonds. The minimum absolute atomic E-state index is 0.0153. The van der Waals surface area contributed by atoms with Gasteiger partial charge in [-0.25, -0.2) is 0 Å². The predicted octanol–water partition coefficient (Wildman–Crippen LogP) is 1.21. The maximum atomic E-state index is 12.8. The summed E-state index contributed by atoms with van der Waals surface area (Å²) in [4.78, 5) is 30.7. The topological polar surface area (TPSA) is 72.9 Å². The van der Waals surface area contributed by atoms with Gasteiger partial charge in [0.05, 0.1) is 0 Å². The van der Waals surface area contributed by atoms with Crippen LogP contribution in [0.3, 0.4) is 0 Å². The Kier molecular flexibility index (Phi) is 4.65. The second kappa shape index (κ2) is 7.09. The van der Waals surface area contributed by atoms with Crippen LogP contribution in [0.1, 0.15) is 10.4 Å². The molecule has 2 aromatic rings. The van der Waals surface area contributed by atoms with Crippen LogP contribution in [0.4, 0.5) is 0 Å². The van der Waals surface area contributed by atoms with E-state index in [4.69, 9.17) is 0 Å². The van der Waals surface area contributed by atoms with Gasteiger partial charge < -0.3 is 15.3 Å². The molecule has 0 aliphatic carbocycles. The minimum Gasteiger partial charge on any atom is -0.508 e. The van der Waals surface area contributed by atoms with E-state index in [1.165, 1.54) is 4.88 Å². The highest BCUT2D eigenvalue weighted by Crippen LogP contribution is 2.21. The summed E-state index contributed by atoms with van der Waals surface area (Å²) in [6.45, 7) is 2.75. The van der Waals surface area contributed by atoms with Crippen LogP contribution in [0.25, 0.3) is 0 Å². The third kappa shape index (κ3) is 3.45. The zero-order chi connectivity index (χ0) is 18.1. The Morgan fingerprint density at radius 1 is 1.15 bits per heavy atom. The van der Waals surface area contributed by atoms with Gasteiger partial charge in [0.25, 0.3) is 0 Å². The molecule has 6 nitrogen and oxygen atoms in total. The van der Waals surface area contributed by atoms with Crippen molar-refractivity contribution in [2.24, 2.45) is 0 Å². The summed E-state index contributed by atoms with van der Waals surface area (Å²) in [5, 5.41) is 14.3. The Morgan fingerprint density at radius 3 is 2.69 bits per heavy atom. The lowest BCUT2D eigenvalue weighted by molar-refractivity contribution is -0.153. The molecule has 2 atom stereocenters. The largest absolute Gasteiger partial charge is 0.508 e. The summed E-state index contributed by atoms with van der Waals surface area (Å²) in [7, 11) is 0. The van der Waals surface area contributed by atoms with Crippen molar-refractivity contribution in [3.8, 4) is 5.75 Å². The van der Waals surface area contributed by atoms with Gasteiger partial charge in [-0.2, -0.15) is 0 Å². The van der Waals surface area contributed by atoms with Crippen molar-refractivity contribution in [3.63, 3.8) is 0 Å². The molecule has 0 saturated carbocycles. The number of thiophene rings is 1. The van der Waals surface area contributed by atoms with Crippen molar-refractivity contribution in [2.75, 3.05) is 19.6 Å². The molecule has 2 aliphatic heterocycles. The highest BCUT2D eigenvalue weighted by molar-refractivity contribution is 7.09. The summed E-state index contributed by atoms with van der Waals surface area (Å²) in [6.07, 6.45) is 0.437. The molecule has 1 aromatic carbocycles. The number of amides is 2. The maximum absolute atomic E-state index is 12.8. The Balaban J connectivity index is 1.42. The molecule has 0 radical (unpaired) electrons. The fourth-order valence-corrected chi connectivity index (χ4v) is 4.38. The third-order valence-corrected chi connectivity index (χ3v) is 5.86. The molecule has 26 heavy (non-hydrogen) atoms. The minimum atomic E-state index is -0.535. The molecule has 3 heterocycles. The lowest BCUT2D eigenvalue weighted by Gasteiger charge is -2.45. The summed E-state index contributed by atoms with van der Waals surface area (Å²) in [6, 6.07) is 9.92. The molecule has 1 aromatic heterocycles. The predicted molar refractivity (Wildman–Crippen MR) is 98.8 cm³/mol. The van der Waals surface area contributed by atoms with Crippen LogP contribution < -0.4 is 5.32 Å². The van der Waals surface area contributed by atoms with Crippen LogP contribution in [-0.2, 0) is 22.6 Å². The molecular weight excluding hydrogens is 350 g/mol. The molecular formula is C19H21N3O3S. The normalized spacial score (nSPS) is 23.6. The molecule has 4 rings (SSSR count). The molecule has 2 fully saturated rings. The van der Waals surface area contributed by atoms with Crippen molar-refractivity contribution in [1.29, 1.82) is 0 Å². The van der Waals surface area contributed by atoms with Gasteiger partial charge in [-0.1, -0.05) is 18.2 Å². The lowest BCUT2D eigenvalue weighted by atomic mass is 9.98. The summed E-state index contributed by atoms with van der Waals surface area (Å²) in [5.74, 6) is 0.0948. The van der Waals surface area contributed by atoms with Crippen LogP contribution in [0, 0.1) is 0 Å². The number of nitrogens with one attached hydrogen (secondary N) is 1. The van der Waals surface area contributed by atoms with Gasteiger partial charge in [0.15, 0.2) is 0 Å². The van der Waals surface area contributed by atoms with Crippen LogP contribution in [-0.4, -0.2) is 58.4 Å². The second-order valence-electron chi connectivity index (χ2n) is 6.79. The van der Waals surface area contributed by atoms with Gasteiger partial charge in [-0.05, 0) is 29.1 Å². The van der Waals surface area contributed by atoms with E-state index < -0.39 is 12.1 Å². The number of benzene rings is 1. The first-order valence-corrected chi connectivity index (χ1v) is 9.61. The smallest absolute Gasteiger partial charge is 0.246 e. The van der Waals surface area contributed by atoms with Gasteiger partial charge in [-0.3, -0.25) is 14.5 Å². The monoisotopic (exact) mass is 371 g/mol. The fourth-order valence-electron chi connectivity index (χ4n) is 3.63. The molecule has 0 bridgehead atoms. The van der Waals surface area contributed by atoms with Crippen molar-refractivity contribution in [3.05, 3.63) is 52.2 Å². The first-order chi connectivity index (χ1) is 12.6. The van der Waals surface area contributed by atoms with E-state index in [1.54, 1.807) is 40.5 Å². The van der Waals surface area contributed by atoms with Gasteiger partial charge in [-0.15, -0.1) is 11.3 Å². The van der Waals surface area contributed by atoms with Crippen molar-refractivity contribution in [1.82, 2.24) is 15.1 Å². The molecule has 136 valence electrons. The molecule has 2 saturated heterocycles. The Labute approximate surface area is 156 Å². The Morgan fingerprint density at radius 2 is 1.96 bits per heavy atom. The number of carbonyl (C=O) groups excluding carboxylic acids is 2. The van der Waals surface area contributed by atoms with Gasteiger partial charge >= 0.3 is 0 Å². The SMILES string of the molecule is O=C1N[C@@H](Cc2ccc(O)cc2)C(=O)N2CCN(Cc3cccs3)C[C@H]12. The Hall–Kier alpha value is -2.38. The number of fused-ring (bicyclic) bond motifs is 1. The number of hydrogen-bond donors (Lipinski definition) is 2. The Bertz CT molecular complexity index is 791. The number of nitrogens with zero attached hydrogens (tertiary/aromatic N) is 2. The zero-order valence-electron chi connectivity index (χ0n) is 14.3. The van der Waals surface area contributed by atoms with Gasteiger partial charge in [0.2, 0.25) is 11.8 Å². The second-order valence-corrected chi connectivity index (χ2v) is 7.83. The molecule has 0 spiro atoms. The zero-order valence-corrected chi connectivity index (χ0v) is 15.1. The van der Waals surface area contributed by atoms with Crippen molar-refractivity contribution in [2.45, 2.75) is 25.0 Å². The molecule has 2 N–H and O–H groups in total. The number of rotatable bonds is 4. The van der Waals surface area contributed by atoms with Crippen molar-refractivity contribution >= 4 is 23.2 Å². The van der Waals surface area contributed by atoms with E-state index in [-0.39, 0.29) is 17.6 Å².